The van der Waals surface area contributed by atoms with E-state index in [1.807, 2.05) is 0 Å². The highest BCUT2D eigenvalue weighted by atomic mass is 32.1. The molecule has 1 aliphatic carbocycles. The average molecular weight is 298 g/mol. The highest BCUT2D eigenvalue weighted by molar-refractivity contribution is 7.11. The highest BCUT2D eigenvalue weighted by Crippen LogP contribution is 2.22. The number of hydrogen-bond acceptors (Lipinski definition) is 6. The SMILES string of the molecule is CCOC(=O)c1nc(C(=O)NC2CCCC2OC)cs1. The molecule has 0 aromatic carbocycles. The molecule has 1 aromatic rings. The maximum absolute atomic E-state index is 12.1. The Morgan fingerprint density at radius 2 is 2.30 bits per heavy atom. The number of nitrogens with zero attached hydrogens (tertiary/aromatic N) is 1. The second kappa shape index (κ2) is 6.81. The highest BCUT2D eigenvalue weighted by Gasteiger charge is 2.29. The van der Waals surface area contributed by atoms with E-state index in [9.17, 15) is 9.59 Å². The van der Waals surface area contributed by atoms with Crippen molar-refractivity contribution in [1.29, 1.82) is 0 Å². The molecule has 1 aromatic heterocycles. The van der Waals surface area contributed by atoms with Gasteiger partial charge in [0.1, 0.15) is 5.69 Å². The van der Waals surface area contributed by atoms with Crippen LogP contribution in [0.1, 0.15) is 46.5 Å². The standard InChI is InChI=1S/C13H18N2O4S/c1-3-19-13(17)12-15-9(7-20-12)11(16)14-8-5-4-6-10(8)18-2/h7-8,10H,3-6H2,1-2H3,(H,14,16). The normalized spacial score (nSPS) is 21.7. The van der Waals surface area contributed by atoms with E-state index in [4.69, 9.17) is 9.47 Å². The number of thiazole rings is 1. The van der Waals surface area contributed by atoms with Gasteiger partial charge >= 0.3 is 5.97 Å². The van der Waals surface area contributed by atoms with E-state index in [2.05, 4.69) is 10.3 Å². The molecule has 2 atom stereocenters. The summed E-state index contributed by atoms with van der Waals surface area (Å²) in [5.41, 5.74) is 0.250. The lowest BCUT2D eigenvalue weighted by atomic mass is 10.2. The summed E-state index contributed by atoms with van der Waals surface area (Å²) in [6.07, 6.45) is 2.95. The summed E-state index contributed by atoms with van der Waals surface area (Å²) < 4.78 is 10.2. The van der Waals surface area contributed by atoms with Crippen LogP contribution in [0.2, 0.25) is 0 Å². The van der Waals surface area contributed by atoms with Crippen molar-refractivity contribution in [3.63, 3.8) is 0 Å². The van der Waals surface area contributed by atoms with E-state index < -0.39 is 5.97 Å². The van der Waals surface area contributed by atoms with Gasteiger partial charge in [0.15, 0.2) is 0 Å². The van der Waals surface area contributed by atoms with Crippen LogP contribution < -0.4 is 5.32 Å². The summed E-state index contributed by atoms with van der Waals surface area (Å²) in [6, 6.07) is 0.0141. The van der Waals surface area contributed by atoms with Crippen molar-refractivity contribution >= 4 is 23.2 Å². The minimum Gasteiger partial charge on any atom is -0.461 e. The van der Waals surface area contributed by atoms with E-state index in [1.54, 1.807) is 19.4 Å². The fourth-order valence-corrected chi connectivity index (χ4v) is 2.97. The minimum atomic E-state index is -0.493. The number of nitrogens with one attached hydrogen (secondary N) is 1. The minimum absolute atomic E-state index is 0.0141. The van der Waals surface area contributed by atoms with Gasteiger partial charge in [0.05, 0.1) is 18.8 Å². The maximum Gasteiger partial charge on any atom is 0.367 e. The van der Waals surface area contributed by atoms with Crippen LogP contribution in [-0.4, -0.2) is 42.7 Å². The number of carbonyl (C=O) groups excluding carboxylic acids is 2. The Bertz CT molecular complexity index is 488. The summed E-state index contributed by atoms with van der Waals surface area (Å²) in [6.45, 7) is 2.02. The van der Waals surface area contributed by atoms with E-state index in [0.29, 0.717) is 0 Å². The van der Waals surface area contributed by atoms with Crippen molar-refractivity contribution < 1.29 is 19.1 Å². The second-order valence-electron chi connectivity index (χ2n) is 4.54. The van der Waals surface area contributed by atoms with Crippen LogP contribution in [0.3, 0.4) is 0 Å². The molecule has 2 rings (SSSR count). The fraction of sp³-hybridized carbons (Fsp3) is 0.615. The van der Waals surface area contributed by atoms with Gasteiger partial charge in [0.25, 0.3) is 5.91 Å². The topological polar surface area (TPSA) is 77.5 Å². The molecule has 1 heterocycles. The van der Waals surface area contributed by atoms with E-state index in [-0.39, 0.29) is 35.4 Å². The number of amides is 1. The fourth-order valence-electron chi connectivity index (χ4n) is 2.28. The van der Waals surface area contributed by atoms with Crippen LogP contribution in [-0.2, 0) is 9.47 Å². The molecule has 110 valence electrons. The summed E-state index contributed by atoms with van der Waals surface area (Å²) in [5, 5.41) is 4.68. The Kier molecular flexibility index (Phi) is 5.08. The molecule has 7 heteroatoms. The van der Waals surface area contributed by atoms with Gasteiger partial charge in [-0.1, -0.05) is 0 Å². The average Bonchev–Trinajstić information content (AvgIpc) is 3.07. The summed E-state index contributed by atoms with van der Waals surface area (Å²) in [7, 11) is 1.65. The third kappa shape index (κ3) is 3.34. The Morgan fingerprint density at radius 1 is 1.50 bits per heavy atom. The molecule has 0 bridgehead atoms. The van der Waals surface area contributed by atoms with Crippen LogP contribution in [0, 0.1) is 0 Å². The molecule has 0 spiro atoms. The first-order valence-electron chi connectivity index (χ1n) is 6.62. The second-order valence-corrected chi connectivity index (χ2v) is 5.40. The van der Waals surface area contributed by atoms with Crippen LogP contribution in [0.15, 0.2) is 5.38 Å². The van der Waals surface area contributed by atoms with Crippen molar-refractivity contribution in [2.75, 3.05) is 13.7 Å². The van der Waals surface area contributed by atoms with Gasteiger partial charge < -0.3 is 14.8 Å². The maximum atomic E-state index is 12.1. The van der Waals surface area contributed by atoms with Crippen molar-refractivity contribution in [1.82, 2.24) is 10.3 Å². The quantitative estimate of drug-likeness (QED) is 0.836. The van der Waals surface area contributed by atoms with Crippen molar-refractivity contribution in [2.45, 2.75) is 38.3 Å². The van der Waals surface area contributed by atoms with Crippen molar-refractivity contribution in [3.05, 3.63) is 16.1 Å². The number of carbonyl (C=O) groups is 2. The van der Waals surface area contributed by atoms with Gasteiger partial charge in [0, 0.05) is 12.5 Å². The van der Waals surface area contributed by atoms with Crippen LogP contribution in [0.4, 0.5) is 0 Å². The van der Waals surface area contributed by atoms with Gasteiger partial charge in [-0.15, -0.1) is 11.3 Å². The van der Waals surface area contributed by atoms with Crippen molar-refractivity contribution in [2.24, 2.45) is 0 Å². The zero-order valence-electron chi connectivity index (χ0n) is 11.5. The van der Waals surface area contributed by atoms with Gasteiger partial charge in [-0.25, -0.2) is 9.78 Å². The number of esters is 1. The summed E-state index contributed by atoms with van der Waals surface area (Å²) in [5.74, 6) is -0.766. The molecule has 0 saturated heterocycles. The van der Waals surface area contributed by atoms with Crippen molar-refractivity contribution in [3.8, 4) is 0 Å². The number of aromatic nitrogens is 1. The Hall–Kier alpha value is -1.47. The first-order valence-corrected chi connectivity index (χ1v) is 7.50. The number of rotatable bonds is 5. The smallest absolute Gasteiger partial charge is 0.367 e. The summed E-state index contributed by atoms with van der Waals surface area (Å²) in [4.78, 5) is 27.6. The molecule has 0 aliphatic heterocycles. The molecule has 2 unspecified atom stereocenters. The Morgan fingerprint density at radius 3 is 3.00 bits per heavy atom. The molecule has 1 saturated carbocycles. The Balaban J connectivity index is 1.97. The van der Waals surface area contributed by atoms with Gasteiger partial charge in [0.2, 0.25) is 5.01 Å². The zero-order chi connectivity index (χ0) is 14.5. The zero-order valence-corrected chi connectivity index (χ0v) is 12.4. The molecule has 0 radical (unpaired) electrons. The Labute approximate surface area is 121 Å². The first-order chi connectivity index (χ1) is 9.65. The lowest BCUT2D eigenvalue weighted by molar-refractivity contribution is 0.0526. The van der Waals surface area contributed by atoms with Crippen LogP contribution in [0.25, 0.3) is 0 Å². The molecule has 1 N–H and O–H groups in total. The first kappa shape index (κ1) is 14.9. The molecule has 1 aliphatic rings. The molecule has 1 amide bonds. The van der Waals surface area contributed by atoms with Gasteiger partial charge in [-0.3, -0.25) is 4.79 Å². The molecule has 20 heavy (non-hydrogen) atoms. The lowest BCUT2D eigenvalue weighted by Gasteiger charge is -2.18. The number of hydrogen-bond donors (Lipinski definition) is 1. The van der Waals surface area contributed by atoms with Gasteiger partial charge in [-0.05, 0) is 26.2 Å². The monoisotopic (exact) mass is 298 g/mol. The summed E-state index contributed by atoms with van der Waals surface area (Å²) >= 11 is 1.11. The number of methoxy groups -OCH3 is 1. The molecular weight excluding hydrogens is 280 g/mol. The van der Waals surface area contributed by atoms with Crippen LogP contribution in [0.5, 0.6) is 0 Å². The lowest BCUT2D eigenvalue weighted by Crippen LogP contribution is -2.40. The third-order valence-electron chi connectivity index (χ3n) is 3.26. The van der Waals surface area contributed by atoms with E-state index in [0.717, 1.165) is 30.6 Å². The molecular formula is C13H18N2O4S. The van der Waals surface area contributed by atoms with E-state index >= 15 is 0 Å². The predicted molar refractivity (Wildman–Crippen MR) is 74.0 cm³/mol. The predicted octanol–water partition coefficient (Wildman–Crippen LogP) is 1.62. The van der Waals surface area contributed by atoms with Gasteiger partial charge in [-0.2, -0.15) is 0 Å². The van der Waals surface area contributed by atoms with E-state index in [1.165, 1.54) is 0 Å². The third-order valence-corrected chi connectivity index (χ3v) is 4.08. The van der Waals surface area contributed by atoms with Crippen LogP contribution >= 0.6 is 11.3 Å². The number of ether oxygens (including phenoxy) is 2. The molecule has 6 nitrogen and oxygen atoms in total. The largest absolute Gasteiger partial charge is 0.461 e. The molecule has 1 fully saturated rings.